The third-order valence-electron chi connectivity index (χ3n) is 2.93. The van der Waals surface area contributed by atoms with Crippen molar-refractivity contribution in [2.45, 2.75) is 37.9 Å². The van der Waals surface area contributed by atoms with E-state index in [9.17, 15) is 0 Å². The zero-order chi connectivity index (χ0) is 9.86. The van der Waals surface area contributed by atoms with Crippen LogP contribution in [-0.4, -0.2) is 19.0 Å². The predicted octanol–water partition coefficient (Wildman–Crippen LogP) is 2.14. The number of hydrogen-bond donors (Lipinski definition) is 0. The molecule has 1 atom stereocenters. The Hall–Kier alpha value is -0.850. The second-order valence-electron chi connectivity index (χ2n) is 3.94. The predicted molar refractivity (Wildman–Crippen MR) is 51.4 cm³/mol. The highest BCUT2D eigenvalue weighted by molar-refractivity contribution is 5.15. The van der Waals surface area contributed by atoms with E-state index in [1.807, 2.05) is 6.07 Å². The van der Waals surface area contributed by atoms with Crippen molar-refractivity contribution >= 4 is 0 Å². The second kappa shape index (κ2) is 4.12. The molecule has 0 saturated carbocycles. The number of hydrogen-bond acceptors (Lipinski definition) is 3. The van der Waals surface area contributed by atoms with E-state index in [0.29, 0.717) is 6.61 Å². The molecule has 2 aliphatic heterocycles. The van der Waals surface area contributed by atoms with Gasteiger partial charge in [-0.05, 0) is 24.8 Å². The van der Waals surface area contributed by atoms with Gasteiger partial charge in [0.15, 0.2) is 5.79 Å². The van der Waals surface area contributed by atoms with E-state index in [1.54, 1.807) is 6.08 Å². The van der Waals surface area contributed by atoms with Gasteiger partial charge in [-0.2, -0.15) is 5.26 Å². The summed E-state index contributed by atoms with van der Waals surface area (Å²) in [5.74, 6) is -0.314. The standard InChI is InChI=1S/C11H15NO2/c12-7-4-10-3-6-11(14-9-10)5-1-2-8-13-11/h4H,1-3,5-6,8-9H2/b10-4-. The largest absolute Gasteiger partial charge is 0.350 e. The Balaban J connectivity index is 1.94. The highest BCUT2D eigenvalue weighted by Crippen LogP contribution is 2.35. The van der Waals surface area contributed by atoms with Crippen molar-refractivity contribution in [2.75, 3.05) is 13.2 Å². The number of nitrogens with zero attached hydrogens (tertiary/aromatic N) is 1. The molecular weight excluding hydrogens is 178 g/mol. The normalized spacial score (nSPS) is 35.8. The minimum absolute atomic E-state index is 0.314. The van der Waals surface area contributed by atoms with Gasteiger partial charge in [-0.1, -0.05) is 0 Å². The summed E-state index contributed by atoms with van der Waals surface area (Å²) in [5, 5.41) is 8.51. The molecule has 76 valence electrons. The zero-order valence-electron chi connectivity index (χ0n) is 8.29. The molecule has 1 unspecified atom stereocenters. The van der Waals surface area contributed by atoms with Crippen molar-refractivity contribution in [1.82, 2.24) is 0 Å². The Bertz CT molecular complexity index is 260. The Morgan fingerprint density at radius 2 is 2.21 bits per heavy atom. The maximum absolute atomic E-state index is 8.51. The van der Waals surface area contributed by atoms with Crippen molar-refractivity contribution in [3.05, 3.63) is 11.6 Å². The molecule has 2 aliphatic rings. The molecule has 0 bridgehead atoms. The molecule has 0 amide bonds. The fourth-order valence-corrected chi connectivity index (χ4v) is 2.06. The lowest BCUT2D eigenvalue weighted by molar-refractivity contribution is -0.263. The van der Waals surface area contributed by atoms with Crippen molar-refractivity contribution in [1.29, 1.82) is 5.26 Å². The lowest BCUT2D eigenvalue weighted by Crippen LogP contribution is -2.42. The van der Waals surface area contributed by atoms with Crippen molar-refractivity contribution < 1.29 is 9.47 Å². The summed E-state index contributed by atoms with van der Waals surface area (Å²) in [7, 11) is 0. The lowest BCUT2D eigenvalue weighted by Gasteiger charge is -2.40. The first-order chi connectivity index (χ1) is 6.85. The lowest BCUT2D eigenvalue weighted by atomic mass is 9.95. The van der Waals surface area contributed by atoms with E-state index in [4.69, 9.17) is 14.7 Å². The van der Waals surface area contributed by atoms with Crippen LogP contribution in [0.2, 0.25) is 0 Å². The Morgan fingerprint density at radius 3 is 2.79 bits per heavy atom. The minimum Gasteiger partial charge on any atom is -0.350 e. The molecule has 0 N–H and O–H groups in total. The molecule has 0 aromatic carbocycles. The van der Waals surface area contributed by atoms with Crippen LogP contribution < -0.4 is 0 Å². The summed E-state index contributed by atoms with van der Waals surface area (Å²) in [4.78, 5) is 0. The van der Waals surface area contributed by atoms with Gasteiger partial charge in [0.05, 0.1) is 19.3 Å². The van der Waals surface area contributed by atoms with Gasteiger partial charge in [-0.25, -0.2) is 0 Å². The average molecular weight is 193 g/mol. The summed E-state index contributed by atoms with van der Waals surface area (Å²) in [6, 6.07) is 2.05. The molecule has 1 spiro atoms. The zero-order valence-corrected chi connectivity index (χ0v) is 8.29. The SMILES string of the molecule is N#C/C=C1/CCC2(CCCCO2)OC1. The van der Waals surface area contributed by atoms with E-state index in [2.05, 4.69) is 0 Å². The van der Waals surface area contributed by atoms with Gasteiger partial charge in [0.25, 0.3) is 0 Å². The van der Waals surface area contributed by atoms with E-state index in [1.165, 1.54) is 6.42 Å². The number of nitriles is 1. The van der Waals surface area contributed by atoms with E-state index in [0.717, 1.165) is 37.9 Å². The van der Waals surface area contributed by atoms with Crippen LogP contribution in [-0.2, 0) is 9.47 Å². The highest BCUT2D eigenvalue weighted by atomic mass is 16.7. The molecule has 3 nitrogen and oxygen atoms in total. The summed E-state index contributed by atoms with van der Waals surface area (Å²) in [6.07, 6.45) is 6.78. The van der Waals surface area contributed by atoms with Gasteiger partial charge in [-0.15, -0.1) is 0 Å². The maximum atomic E-state index is 8.51. The fraction of sp³-hybridized carbons (Fsp3) is 0.727. The van der Waals surface area contributed by atoms with Gasteiger partial charge in [0.2, 0.25) is 0 Å². The summed E-state index contributed by atoms with van der Waals surface area (Å²) in [5.41, 5.74) is 1.09. The van der Waals surface area contributed by atoms with Crippen LogP contribution in [0.1, 0.15) is 32.1 Å². The molecule has 0 aromatic heterocycles. The van der Waals surface area contributed by atoms with Crippen molar-refractivity contribution in [3.8, 4) is 6.07 Å². The van der Waals surface area contributed by atoms with Gasteiger partial charge in [0, 0.05) is 18.9 Å². The van der Waals surface area contributed by atoms with Crippen LogP contribution in [0.3, 0.4) is 0 Å². The number of rotatable bonds is 0. The van der Waals surface area contributed by atoms with Crippen molar-refractivity contribution in [2.24, 2.45) is 0 Å². The third kappa shape index (κ3) is 1.97. The first kappa shape index (κ1) is 9.70. The average Bonchev–Trinajstić information content (AvgIpc) is 2.24. The van der Waals surface area contributed by atoms with Crippen molar-refractivity contribution in [3.63, 3.8) is 0 Å². The van der Waals surface area contributed by atoms with Crippen LogP contribution in [0.5, 0.6) is 0 Å². The first-order valence-corrected chi connectivity index (χ1v) is 5.20. The van der Waals surface area contributed by atoms with Crippen LogP contribution in [0.4, 0.5) is 0 Å². The molecular formula is C11H15NO2. The summed E-state index contributed by atoms with van der Waals surface area (Å²) in [6.45, 7) is 1.38. The third-order valence-corrected chi connectivity index (χ3v) is 2.93. The highest BCUT2D eigenvalue weighted by Gasteiger charge is 2.36. The van der Waals surface area contributed by atoms with Crippen LogP contribution >= 0.6 is 0 Å². The van der Waals surface area contributed by atoms with Gasteiger partial charge in [-0.3, -0.25) is 0 Å². The van der Waals surface area contributed by atoms with E-state index in [-0.39, 0.29) is 5.79 Å². The Kier molecular flexibility index (Phi) is 2.85. The van der Waals surface area contributed by atoms with Gasteiger partial charge >= 0.3 is 0 Å². The molecule has 2 rings (SSSR count). The van der Waals surface area contributed by atoms with E-state index >= 15 is 0 Å². The smallest absolute Gasteiger partial charge is 0.169 e. The summed E-state index contributed by atoms with van der Waals surface area (Å²) < 4.78 is 11.4. The molecule has 14 heavy (non-hydrogen) atoms. The summed E-state index contributed by atoms with van der Waals surface area (Å²) >= 11 is 0. The quantitative estimate of drug-likeness (QED) is 0.553. The maximum Gasteiger partial charge on any atom is 0.169 e. The van der Waals surface area contributed by atoms with Crippen LogP contribution in [0.15, 0.2) is 11.6 Å². The van der Waals surface area contributed by atoms with Gasteiger partial charge < -0.3 is 9.47 Å². The molecule has 0 aliphatic carbocycles. The number of ether oxygens (including phenoxy) is 2. The molecule has 2 saturated heterocycles. The molecule has 0 aromatic rings. The second-order valence-corrected chi connectivity index (χ2v) is 3.94. The monoisotopic (exact) mass is 193 g/mol. The molecule has 2 fully saturated rings. The number of allylic oxidation sites excluding steroid dienone is 1. The van der Waals surface area contributed by atoms with E-state index < -0.39 is 0 Å². The topological polar surface area (TPSA) is 42.2 Å². The first-order valence-electron chi connectivity index (χ1n) is 5.20. The molecule has 3 heteroatoms. The Morgan fingerprint density at radius 1 is 1.29 bits per heavy atom. The molecule has 2 heterocycles. The minimum atomic E-state index is -0.314. The van der Waals surface area contributed by atoms with Crippen LogP contribution in [0, 0.1) is 11.3 Å². The van der Waals surface area contributed by atoms with Crippen LogP contribution in [0.25, 0.3) is 0 Å². The Labute approximate surface area is 84.3 Å². The molecule has 0 radical (unpaired) electrons. The fourth-order valence-electron chi connectivity index (χ4n) is 2.06. The van der Waals surface area contributed by atoms with Gasteiger partial charge in [0.1, 0.15) is 0 Å².